The zero-order valence-electron chi connectivity index (χ0n) is 14.8. The number of epoxide rings is 1. The summed E-state index contributed by atoms with van der Waals surface area (Å²) in [6, 6.07) is 12.9. The summed E-state index contributed by atoms with van der Waals surface area (Å²) in [5, 5.41) is 0. The SMILES string of the molecule is COc1ccc2cc1CCCc1cc(ccc1OC)[C@@]1(C)O[C@@]21C. The largest absolute Gasteiger partial charge is 0.496 e. The first-order chi connectivity index (χ1) is 11.5. The van der Waals surface area contributed by atoms with E-state index in [-0.39, 0.29) is 11.2 Å². The zero-order valence-corrected chi connectivity index (χ0v) is 14.8. The third-order valence-electron chi connectivity index (χ3n) is 5.83. The first-order valence-corrected chi connectivity index (χ1v) is 8.57. The fourth-order valence-corrected chi connectivity index (χ4v) is 4.06. The lowest BCUT2D eigenvalue weighted by molar-refractivity contribution is 0.280. The van der Waals surface area contributed by atoms with Gasteiger partial charge in [0.05, 0.1) is 14.2 Å². The Hall–Kier alpha value is -2.00. The highest BCUT2D eigenvalue weighted by Crippen LogP contribution is 2.62. The molecule has 1 aliphatic heterocycles. The standard InChI is InChI=1S/C21H24O3/c1-20-16-8-10-18(22-3)14(12-16)6-5-7-15-13-17(21(20,2)24-20)9-11-19(15)23-4/h8-13H,5-7H2,1-4H3/t20-,21+. The van der Waals surface area contributed by atoms with E-state index >= 15 is 0 Å². The van der Waals surface area contributed by atoms with Crippen molar-refractivity contribution in [1.29, 1.82) is 0 Å². The van der Waals surface area contributed by atoms with Crippen molar-refractivity contribution in [3.8, 4) is 11.5 Å². The van der Waals surface area contributed by atoms with E-state index in [1.807, 2.05) is 0 Å². The summed E-state index contributed by atoms with van der Waals surface area (Å²) >= 11 is 0. The van der Waals surface area contributed by atoms with E-state index in [9.17, 15) is 0 Å². The summed E-state index contributed by atoms with van der Waals surface area (Å²) in [7, 11) is 3.48. The molecule has 1 saturated heterocycles. The van der Waals surface area contributed by atoms with Crippen LogP contribution in [0.5, 0.6) is 11.5 Å². The van der Waals surface area contributed by atoms with Gasteiger partial charge in [0.2, 0.25) is 0 Å². The summed E-state index contributed by atoms with van der Waals surface area (Å²) in [5.74, 6) is 1.92. The Morgan fingerprint density at radius 1 is 0.792 bits per heavy atom. The highest BCUT2D eigenvalue weighted by atomic mass is 16.6. The van der Waals surface area contributed by atoms with Gasteiger partial charge in [0.15, 0.2) is 0 Å². The Balaban J connectivity index is 1.86. The van der Waals surface area contributed by atoms with Crippen molar-refractivity contribution in [2.24, 2.45) is 0 Å². The van der Waals surface area contributed by atoms with Gasteiger partial charge in [-0.1, -0.05) is 12.1 Å². The molecule has 0 unspecified atom stereocenters. The van der Waals surface area contributed by atoms with Gasteiger partial charge < -0.3 is 14.2 Å². The molecule has 4 bridgehead atoms. The van der Waals surface area contributed by atoms with E-state index in [1.165, 1.54) is 22.3 Å². The van der Waals surface area contributed by atoms with Crippen molar-refractivity contribution >= 4 is 0 Å². The molecule has 0 amide bonds. The molecule has 0 spiro atoms. The zero-order chi connectivity index (χ0) is 16.9. The van der Waals surface area contributed by atoms with Crippen molar-refractivity contribution in [2.45, 2.75) is 44.3 Å². The van der Waals surface area contributed by atoms with Gasteiger partial charge in [0, 0.05) is 0 Å². The third kappa shape index (κ3) is 2.07. The smallest absolute Gasteiger partial charge is 0.124 e. The lowest BCUT2D eigenvalue weighted by Gasteiger charge is -2.16. The number of aryl methyl sites for hydroxylation is 2. The highest BCUT2D eigenvalue weighted by molar-refractivity contribution is 5.48. The molecule has 0 N–H and O–H groups in total. The number of ether oxygens (including phenoxy) is 3. The van der Waals surface area contributed by atoms with Gasteiger partial charge in [-0.15, -0.1) is 0 Å². The minimum Gasteiger partial charge on any atom is -0.496 e. The average Bonchev–Trinajstić information content (AvgIpc) is 3.18. The van der Waals surface area contributed by atoms with Crippen LogP contribution < -0.4 is 9.47 Å². The van der Waals surface area contributed by atoms with Crippen LogP contribution in [0.25, 0.3) is 0 Å². The topological polar surface area (TPSA) is 31.0 Å². The van der Waals surface area contributed by atoms with Crippen LogP contribution in [-0.2, 0) is 28.8 Å². The first kappa shape index (κ1) is 15.5. The predicted molar refractivity (Wildman–Crippen MR) is 93.8 cm³/mol. The molecule has 3 heteroatoms. The molecule has 1 aliphatic carbocycles. The minimum atomic E-state index is -0.301. The Morgan fingerprint density at radius 2 is 1.25 bits per heavy atom. The Morgan fingerprint density at radius 3 is 1.67 bits per heavy atom. The number of methoxy groups -OCH3 is 2. The Bertz CT molecular complexity index is 732. The van der Waals surface area contributed by atoms with E-state index in [4.69, 9.17) is 14.2 Å². The molecule has 3 nitrogen and oxygen atoms in total. The molecule has 126 valence electrons. The third-order valence-corrected chi connectivity index (χ3v) is 5.83. The molecule has 24 heavy (non-hydrogen) atoms. The first-order valence-electron chi connectivity index (χ1n) is 8.57. The molecule has 0 radical (unpaired) electrons. The maximum Gasteiger partial charge on any atom is 0.124 e. The van der Waals surface area contributed by atoms with Crippen LogP contribution in [0.15, 0.2) is 36.4 Å². The van der Waals surface area contributed by atoms with E-state index in [0.29, 0.717) is 0 Å². The summed E-state index contributed by atoms with van der Waals surface area (Å²) in [6.07, 6.45) is 3.03. The van der Waals surface area contributed by atoms with Gasteiger partial charge in [-0.3, -0.25) is 0 Å². The lowest BCUT2D eigenvalue weighted by atomic mass is 9.83. The van der Waals surface area contributed by atoms with Crippen LogP contribution in [0, 0.1) is 0 Å². The predicted octanol–water partition coefficient (Wildman–Crippen LogP) is 4.35. The minimum absolute atomic E-state index is 0.301. The number of benzene rings is 2. The van der Waals surface area contributed by atoms with Crippen molar-refractivity contribution in [3.05, 3.63) is 58.7 Å². The maximum absolute atomic E-state index is 6.31. The van der Waals surface area contributed by atoms with Crippen LogP contribution in [0.3, 0.4) is 0 Å². The van der Waals surface area contributed by atoms with Crippen LogP contribution in [0.1, 0.15) is 42.5 Å². The van der Waals surface area contributed by atoms with E-state index in [2.05, 4.69) is 50.2 Å². The number of hydrogen-bond acceptors (Lipinski definition) is 3. The van der Waals surface area contributed by atoms with E-state index < -0.39 is 0 Å². The monoisotopic (exact) mass is 324 g/mol. The summed E-state index contributed by atoms with van der Waals surface area (Å²) in [5.41, 5.74) is 4.35. The van der Waals surface area contributed by atoms with Gasteiger partial charge in [-0.05, 0) is 79.6 Å². The normalized spacial score (nSPS) is 27.7. The molecule has 2 aliphatic rings. The fourth-order valence-electron chi connectivity index (χ4n) is 4.06. The second-order valence-electron chi connectivity index (χ2n) is 7.08. The second-order valence-corrected chi connectivity index (χ2v) is 7.08. The summed E-state index contributed by atoms with van der Waals surface area (Å²) < 4.78 is 17.4. The molecule has 2 aromatic rings. The molecule has 4 rings (SSSR count). The van der Waals surface area contributed by atoms with Crippen LogP contribution in [0.2, 0.25) is 0 Å². The fraction of sp³-hybridized carbons (Fsp3) is 0.429. The van der Waals surface area contributed by atoms with Crippen molar-refractivity contribution in [3.63, 3.8) is 0 Å². The van der Waals surface area contributed by atoms with Gasteiger partial charge in [0.25, 0.3) is 0 Å². The molecule has 1 fully saturated rings. The second kappa shape index (κ2) is 5.25. The van der Waals surface area contributed by atoms with Gasteiger partial charge in [-0.25, -0.2) is 0 Å². The summed E-state index contributed by atoms with van der Waals surface area (Å²) in [6.45, 7) is 4.36. The summed E-state index contributed by atoms with van der Waals surface area (Å²) in [4.78, 5) is 0. The van der Waals surface area contributed by atoms with Crippen molar-refractivity contribution in [2.75, 3.05) is 14.2 Å². The Kier molecular flexibility index (Phi) is 3.40. The van der Waals surface area contributed by atoms with Gasteiger partial charge >= 0.3 is 0 Å². The molecular formula is C21H24O3. The van der Waals surface area contributed by atoms with Crippen molar-refractivity contribution in [1.82, 2.24) is 0 Å². The molecule has 0 saturated carbocycles. The van der Waals surface area contributed by atoms with Crippen molar-refractivity contribution < 1.29 is 14.2 Å². The molecule has 2 aromatic carbocycles. The van der Waals surface area contributed by atoms with E-state index in [0.717, 1.165) is 30.8 Å². The highest BCUT2D eigenvalue weighted by Gasteiger charge is 2.65. The maximum atomic E-state index is 6.31. The number of fused-ring (bicyclic) bond motifs is 7. The Labute approximate surface area is 143 Å². The average molecular weight is 324 g/mol. The van der Waals surface area contributed by atoms with Crippen LogP contribution in [-0.4, -0.2) is 14.2 Å². The van der Waals surface area contributed by atoms with Gasteiger partial charge in [0.1, 0.15) is 22.7 Å². The van der Waals surface area contributed by atoms with Crippen LogP contribution in [0.4, 0.5) is 0 Å². The molecule has 1 heterocycles. The van der Waals surface area contributed by atoms with E-state index in [1.54, 1.807) is 14.2 Å². The lowest BCUT2D eigenvalue weighted by Crippen LogP contribution is -2.16. The molecular weight excluding hydrogens is 300 g/mol. The molecule has 0 aromatic heterocycles. The number of rotatable bonds is 2. The van der Waals surface area contributed by atoms with Crippen LogP contribution >= 0.6 is 0 Å². The molecule has 2 atom stereocenters. The quantitative estimate of drug-likeness (QED) is 0.769. The van der Waals surface area contributed by atoms with Gasteiger partial charge in [-0.2, -0.15) is 0 Å². The number of hydrogen-bond donors (Lipinski definition) is 0.